The van der Waals surface area contributed by atoms with Crippen molar-refractivity contribution in [2.75, 3.05) is 18.2 Å². The molecule has 0 aliphatic carbocycles. The number of hydrogen-bond acceptors (Lipinski definition) is 6. The van der Waals surface area contributed by atoms with Crippen molar-refractivity contribution in [2.24, 2.45) is 5.16 Å². The predicted octanol–water partition coefficient (Wildman–Crippen LogP) is 0.684. The second kappa shape index (κ2) is 6.71. The van der Waals surface area contributed by atoms with Crippen LogP contribution in [-0.4, -0.2) is 22.1 Å². The molecule has 25 heavy (non-hydrogen) atoms. The van der Waals surface area contributed by atoms with Gasteiger partial charge in [-0.15, -0.1) is 0 Å². The molecule has 8 nitrogen and oxygen atoms in total. The average Bonchev–Trinajstić information content (AvgIpc) is 2.53. The van der Waals surface area contributed by atoms with E-state index in [2.05, 4.69) is 5.16 Å². The topological polar surface area (TPSA) is 118 Å². The molecule has 0 saturated carbocycles. The normalized spacial score (nSPS) is 11.8. The van der Waals surface area contributed by atoms with Gasteiger partial charge in [0.1, 0.15) is 6.61 Å². The van der Waals surface area contributed by atoms with Crippen LogP contribution in [0, 0.1) is 0 Å². The van der Waals surface area contributed by atoms with E-state index in [-0.39, 0.29) is 22.1 Å². The zero-order chi connectivity index (χ0) is 18.8. The van der Waals surface area contributed by atoms with Crippen molar-refractivity contribution in [2.45, 2.75) is 13.1 Å². The highest BCUT2D eigenvalue weighted by atomic mass is 19.4. The summed E-state index contributed by atoms with van der Waals surface area (Å²) in [6, 6.07) is 4.20. The molecule has 0 bridgehead atoms. The summed E-state index contributed by atoms with van der Waals surface area (Å²) in [6.45, 7) is 2.02. The number of nitrogen functional groups attached to an aromatic ring is 2. The molecule has 0 radical (unpaired) electrons. The molecule has 0 saturated heterocycles. The van der Waals surface area contributed by atoms with E-state index in [9.17, 15) is 22.8 Å². The summed E-state index contributed by atoms with van der Waals surface area (Å²) in [5.74, 6) is 5.20. The minimum absolute atomic E-state index is 0.0185. The van der Waals surface area contributed by atoms with Gasteiger partial charge in [-0.2, -0.15) is 13.2 Å². The van der Waals surface area contributed by atoms with Crippen LogP contribution in [0.4, 0.5) is 18.9 Å². The molecule has 0 aliphatic heterocycles. The largest absolute Gasteiger partial charge is 0.433 e. The first-order valence-electron chi connectivity index (χ1n) is 6.93. The maximum absolute atomic E-state index is 12.8. The number of hydrogen-bond donors (Lipinski definition) is 2. The van der Waals surface area contributed by atoms with Crippen LogP contribution in [0.15, 0.2) is 39.0 Å². The molecule has 1 aromatic carbocycles. The minimum Gasteiger partial charge on any atom is -0.398 e. The Morgan fingerprint density at radius 1 is 1.28 bits per heavy atom. The molecule has 0 spiro atoms. The van der Waals surface area contributed by atoms with Crippen LogP contribution >= 0.6 is 0 Å². The van der Waals surface area contributed by atoms with E-state index >= 15 is 0 Å². The molecule has 11 heteroatoms. The van der Waals surface area contributed by atoms with Gasteiger partial charge in [-0.05, 0) is 25.1 Å². The van der Waals surface area contributed by atoms with Gasteiger partial charge in [0.2, 0.25) is 0 Å². The van der Waals surface area contributed by atoms with Gasteiger partial charge in [0.05, 0.1) is 11.9 Å². The van der Waals surface area contributed by atoms with Crippen molar-refractivity contribution in [3.8, 4) is 5.69 Å². The molecule has 0 fully saturated rings. The fourth-order valence-corrected chi connectivity index (χ4v) is 1.99. The number of oxime groups is 1. The van der Waals surface area contributed by atoms with E-state index in [4.69, 9.17) is 16.4 Å². The van der Waals surface area contributed by atoms with E-state index in [0.717, 1.165) is 0 Å². The van der Waals surface area contributed by atoms with Gasteiger partial charge in [0.25, 0.3) is 5.56 Å². The van der Waals surface area contributed by atoms with E-state index in [1.807, 2.05) is 0 Å². The summed E-state index contributed by atoms with van der Waals surface area (Å²) in [7, 11) is 0. The molecule has 0 amide bonds. The maximum atomic E-state index is 12.8. The van der Waals surface area contributed by atoms with Crippen molar-refractivity contribution in [1.29, 1.82) is 0 Å². The highest BCUT2D eigenvalue weighted by molar-refractivity contribution is 5.87. The average molecular weight is 357 g/mol. The first-order chi connectivity index (χ1) is 11.7. The summed E-state index contributed by atoms with van der Waals surface area (Å²) >= 11 is 0. The number of nitrogens with two attached hydrogens (primary N) is 2. The lowest BCUT2D eigenvalue weighted by molar-refractivity contribution is -0.143. The SMILES string of the molecule is CCON=Cc1cc(-n2c(=O)cc(C(F)(F)F)n(N)c2=O)ccc1N. The molecule has 0 aliphatic rings. The Bertz CT molecular complexity index is 931. The number of aromatic nitrogens is 2. The second-order valence-corrected chi connectivity index (χ2v) is 4.82. The van der Waals surface area contributed by atoms with E-state index < -0.39 is 23.1 Å². The summed E-state index contributed by atoms with van der Waals surface area (Å²) in [4.78, 5) is 28.9. The summed E-state index contributed by atoms with van der Waals surface area (Å²) in [5, 5.41) is 3.62. The van der Waals surface area contributed by atoms with Crippen molar-refractivity contribution in [1.82, 2.24) is 9.24 Å². The molecule has 1 aromatic heterocycles. The van der Waals surface area contributed by atoms with Gasteiger partial charge < -0.3 is 16.4 Å². The van der Waals surface area contributed by atoms with E-state index in [1.165, 1.54) is 24.4 Å². The lowest BCUT2D eigenvalue weighted by atomic mass is 10.1. The number of benzene rings is 1. The van der Waals surface area contributed by atoms with Gasteiger partial charge in [0, 0.05) is 17.3 Å². The van der Waals surface area contributed by atoms with Crippen LogP contribution in [0.25, 0.3) is 5.69 Å². The van der Waals surface area contributed by atoms with Gasteiger partial charge >= 0.3 is 11.9 Å². The second-order valence-electron chi connectivity index (χ2n) is 4.82. The first kappa shape index (κ1) is 18.1. The van der Waals surface area contributed by atoms with Crippen molar-refractivity contribution >= 4 is 11.9 Å². The molecule has 2 aromatic rings. The summed E-state index contributed by atoms with van der Waals surface area (Å²) < 4.78 is 38.8. The number of halogens is 3. The lowest BCUT2D eigenvalue weighted by Gasteiger charge is -2.14. The number of rotatable bonds is 4. The quantitative estimate of drug-likeness (QED) is 0.361. The Hall–Kier alpha value is -3.24. The summed E-state index contributed by atoms with van der Waals surface area (Å²) in [5.41, 5.74) is 2.22. The summed E-state index contributed by atoms with van der Waals surface area (Å²) in [6.07, 6.45) is -3.69. The third kappa shape index (κ3) is 3.65. The number of alkyl halides is 3. The minimum atomic E-state index is -4.94. The Morgan fingerprint density at radius 3 is 2.56 bits per heavy atom. The molecule has 134 valence electrons. The first-order valence-corrected chi connectivity index (χ1v) is 6.93. The zero-order valence-electron chi connectivity index (χ0n) is 12.9. The van der Waals surface area contributed by atoms with E-state index in [0.29, 0.717) is 16.7 Å². The molecular weight excluding hydrogens is 343 g/mol. The number of anilines is 1. The molecule has 0 atom stereocenters. The Kier molecular flexibility index (Phi) is 4.86. The van der Waals surface area contributed by atoms with Gasteiger partial charge in [-0.25, -0.2) is 14.0 Å². The Morgan fingerprint density at radius 2 is 1.96 bits per heavy atom. The van der Waals surface area contributed by atoms with Crippen molar-refractivity contribution in [3.63, 3.8) is 0 Å². The fraction of sp³-hybridized carbons (Fsp3) is 0.214. The third-order valence-electron chi connectivity index (χ3n) is 3.15. The van der Waals surface area contributed by atoms with Crippen LogP contribution in [0.5, 0.6) is 0 Å². The van der Waals surface area contributed by atoms with Gasteiger partial charge in [-0.1, -0.05) is 5.16 Å². The van der Waals surface area contributed by atoms with Crippen molar-refractivity contribution in [3.05, 3.63) is 56.4 Å². The predicted molar refractivity (Wildman–Crippen MR) is 85.1 cm³/mol. The monoisotopic (exact) mass is 357 g/mol. The van der Waals surface area contributed by atoms with Crippen molar-refractivity contribution < 1.29 is 18.0 Å². The van der Waals surface area contributed by atoms with Gasteiger partial charge in [-0.3, -0.25) is 4.79 Å². The lowest BCUT2D eigenvalue weighted by Crippen LogP contribution is -2.45. The Balaban J connectivity index is 2.64. The smallest absolute Gasteiger partial charge is 0.398 e. The fourth-order valence-electron chi connectivity index (χ4n) is 1.99. The van der Waals surface area contributed by atoms with Gasteiger partial charge in [0.15, 0.2) is 5.69 Å². The van der Waals surface area contributed by atoms with E-state index in [1.54, 1.807) is 6.92 Å². The van der Waals surface area contributed by atoms with Crippen LogP contribution in [-0.2, 0) is 11.0 Å². The third-order valence-corrected chi connectivity index (χ3v) is 3.15. The molecule has 1 heterocycles. The van der Waals surface area contributed by atoms with Crippen LogP contribution < -0.4 is 22.8 Å². The molecule has 4 N–H and O–H groups in total. The standard InChI is InChI=1S/C14H14F3N5O3/c1-2-25-20-7-8-5-9(3-4-10(8)18)21-12(23)6-11(14(15,16)17)22(19)13(21)24/h3-7H,2,18-19H2,1H3. The zero-order valence-corrected chi connectivity index (χ0v) is 12.9. The molecule has 0 unspecified atom stereocenters. The highest BCUT2D eigenvalue weighted by Crippen LogP contribution is 2.26. The maximum Gasteiger partial charge on any atom is 0.433 e. The molecule has 2 rings (SSSR count). The Labute approximate surface area is 138 Å². The number of nitrogens with zero attached hydrogens (tertiary/aromatic N) is 3. The van der Waals surface area contributed by atoms with Crippen LogP contribution in [0.3, 0.4) is 0 Å². The highest BCUT2D eigenvalue weighted by Gasteiger charge is 2.35. The van der Waals surface area contributed by atoms with Crippen LogP contribution in [0.2, 0.25) is 0 Å². The van der Waals surface area contributed by atoms with Crippen LogP contribution in [0.1, 0.15) is 18.2 Å². The molecular formula is C14H14F3N5O3.